The molecule has 0 saturated carbocycles. The molecule has 0 fully saturated rings. The summed E-state index contributed by atoms with van der Waals surface area (Å²) in [4.78, 5) is 15.8. The molecule has 6 nitrogen and oxygen atoms in total. The van der Waals surface area contributed by atoms with Crippen molar-refractivity contribution >= 4 is 35.1 Å². The lowest BCUT2D eigenvalue weighted by Gasteiger charge is -2.06. The van der Waals surface area contributed by atoms with Gasteiger partial charge in [-0.2, -0.15) is 10.5 Å². The summed E-state index contributed by atoms with van der Waals surface area (Å²) in [5.41, 5.74) is 5.93. The molecular weight excluding hydrogens is 444 g/mol. The molecule has 0 aliphatic heterocycles. The van der Waals surface area contributed by atoms with Crippen molar-refractivity contribution < 1.29 is 0 Å². The van der Waals surface area contributed by atoms with Crippen molar-refractivity contribution in [3.63, 3.8) is 0 Å². The van der Waals surface area contributed by atoms with Crippen LogP contribution in [-0.4, -0.2) is 15.0 Å². The number of hydrogen-bond donors (Lipinski definition) is 0. The smallest absolute Gasteiger partial charge is 0.195 e. The first-order valence-electron chi connectivity index (χ1n) is 10.9. The molecule has 0 unspecified atom stereocenters. The van der Waals surface area contributed by atoms with Crippen molar-refractivity contribution in [2.75, 3.05) is 0 Å². The normalized spacial score (nSPS) is 11.8. The Balaban J connectivity index is 1.87. The van der Waals surface area contributed by atoms with Crippen LogP contribution >= 0.6 is 0 Å². The van der Waals surface area contributed by atoms with E-state index < -0.39 is 0 Å². The summed E-state index contributed by atoms with van der Waals surface area (Å²) in [7, 11) is 0. The highest BCUT2D eigenvalue weighted by Crippen LogP contribution is 2.25. The molecule has 0 bridgehead atoms. The monoisotopic (exact) mass is 462 g/mol. The van der Waals surface area contributed by atoms with E-state index in [1.807, 2.05) is 18.2 Å². The molecule has 1 aromatic carbocycles. The first kappa shape index (κ1) is 23.5. The van der Waals surface area contributed by atoms with Crippen LogP contribution in [0.1, 0.15) is 33.4 Å². The average Bonchev–Trinajstić information content (AvgIpc) is 2.94. The van der Waals surface area contributed by atoms with E-state index in [1.54, 1.807) is 91.8 Å². The van der Waals surface area contributed by atoms with Crippen LogP contribution < -0.4 is 0 Å². The van der Waals surface area contributed by atoms with Crippen LogP contribution in [0.5, 0.6) is 0 Å². The largest absolute Gasteiger partial charge is 0.265 e. The number of hydrogen-bond acceptors (Lipinski definition) is 5. The Morgan fingerprint density at radius 2 is 0.972 bits per heavy atom. The maximum Gasteiger partial charge on any atom is 0.195 e. The van der Waals surface area contributed by atoms with E-state index in [4.69, 9.17) is 6.57 Å². The van der Waals surface area contributed by atoms with E-state index >= 15 is 0 Å². The topological polar surface area (TPSA) is 90.6 Å². The summed E-state index contributed by atoms with van der Waals surface area (Å²) in [6.45, 7) is 7.68. The molecule has 0 aliphatic carbocycles. The molecule has 6 heteroatoms. The van der Waals surface area contributed by atoms with Crippen molar-refractivity contribution in [3.8, 4) is 12.1 Å². The number of pyridine rings is 3. The van der Waals surface area contributed by atoms with Crippen LogP contribution in [-0.2, 0) is 0 Å². The standard InChI is InChI=1S/C30H18N6/c1-33-30(27-6-12-36-13-7-27)19-24-15-22(17-28(20-31)25-2-8-34-9-3-25)14-23(16-24)18-29(21-32)26-4-10-35-11-5-26/h2-19H/b28-17+,29-18+,30-19-. The van der Waals surface area contributed by atoms with E-state index in [-0.39, 0.29) is 0 Å². The third kappa shape index (κ3) is 5.83. The van der Waals surface area contributed by atoms with Gasteiger partial charge in [0.25, 0.3) is 0 Å². The Hall–Kier alpha value is -5.64. The van der Waals surface area contributed by atoms with Crippen LogP contribution in [0.15, 0.2) is 91.8 Å². The third-order valence-electron chi connectivity index (χ3n) is 5.25. The van der Waals surface area contributed by atoms with Crippen LogP contribution in [0, 0.1) is 29.2 Å². The maximum absolute atomic E-state index is 9.79. The quantitative estimate of drug-likeness (QED) is 0.244. The van der Waals surface area contributed by atoms with Crippen molar-refractivity contribution in [1.82, 2.24) is 15.0 Å². The fourth-order valence-electron chi connectivity index (χ4n) is 3.57. The molecule has 3 aromatic heterocycles. The van der Waals surface area contributed by atoms with Gasteiger partial charge in [0.15, 0.2) is 5.70 Å². The van der Waals surface area contributed by atoms with Crippen molar-refractivity contribution in [2.45, 2.75) is 0 Å². The first-order chi connectivity index (χ1) is 17.7. The Bertz CT molecular complexity index is 1370. The van der Waals surface area contributed by atoms with Gasteiger partial charge in [-0.15, -0.1) is 0 Å². The summed E-state index contributed by atoms with van der Waals surface area (Å²) < 4.78 is 0. The number of allylic oxidation sites excluding steroid dienone is 2. The molecule has 0 amide bonds. The van der Waals surface area contributed by atoms with Gasteiger partial charge in [0.2, 0.25) is 0 Å². The van der Waals surface area contributed by atoms with Gasteiger partial charge in [-0.3, -0.25) is 15.0 Å². The van der Waals surface area contributed by atoms with Gasteiger partial charge in [-0.05, 0) is 106 Å². The Morgan fingerprint density at radius 1 is 0.611 bits per heavy atom. The lowest BCUT2D eigenvalue weighted by atomic mass is 9.98. The second kappa shape index (κ2) is 11.5. The molecule has 0 aliphatic rings. The van der Waals surface area contributed by atoms with Gasteiger partial charge in [0, 0.05) is 37.2 Å². The summed E-state index contributed by atoms with van der Waals surface area (Å²) in [5.74, 6) is 0. The predicted molar refractivity (Wildman–Crippen MR) is 141 cm³/mol. The zero-order valence-corrected chi connectivity index (χ0v) is 19.1. The van der Waals surface area contributed by atoms with Gasteiger partial charge in [0.05, 0.1) is 29.9 Å². The van der Waals surface area contributed by atoms with Crippen LogP contribution in [0.25, 0.3) is 39.9 Å². The first-order valence-corrected chi connectivity index (χ1v) is 10.9. The number of rotatable bonds is 6. The molecule has 0 spiro atoms. The minimum Gasteiger partial charge on any atom is -0.265 e. The number of nitrogens with zero attached hydrogens (tertiary/aromatic N) is 6. The average molecular weight is 463 g/mol. The van der Waals surface area contributed by atoms with E-state index in [2.05, 4.69) is 31.9 Å². The van der Waals surface area contributed by atoms with Crippen molar-refractivity contribution in [2.24, 2.45) is 0 Å². The molecule has 4 aromatic rings. The van der Waals surface area contributed by atoms with E-state index in [0.717, 1.165) is 33.4 Å². The highest BCUT2D eigenvalue weighted by Gasteiger charge is 2.07. The molecule has 0 radical (unpaired) electrons. The van der Waals surface area contributed by atoms with Gasteiger partial charge < -0.3 is 0 Å². The number of nitriles is 2. The minimum atomic E-state index is 0.456. The molecule has 0 atom stereocenters. The maximum atomic E-state index is 9.79. The van der Waals surface area contributed by atoms with Gasteiger partial charge in [-0.25, -0.2) is 4.85 Å². The number of aromatic nitrogens is 3. The molecule has 4 rings (SSSR count). The highest BCUT2D eigenvalue weighted by molar-refractivity contribution is 5.93. The van der Waals surface area contributed by atoms with Crippen LogP contribution in [0.4, 0.5) is 0 Å². The Labute approximate surface area is 209 Å². The summed E-state index contributed by atoms with van der Waals surface area (Å²) in [5, 5.41) is 19.6. The molecule has 168 valence electrons. The molecule has 36 heavy (non-hydrogen) atoms. The summed E-state index contributed by atoms with van der Waals surface area (Å²) in [6.07, 6.45) is 15.2. The third-order valence-corrected chi connectivity index (χ3v) is 5.25. The zero-order chi connectivity index (χ0) is 25.2. The molecule has 0 N–H and O–H groups in total. The highest BCUT2D eigenvalue weighted by atomic mass is 14.7. The second-order valence-electron chi connectivity index (χ2n) is 7.62. The zero-order valence-electron chi connectivity index (χ0n) is 19.1. The second-order valence-corrected chi connectivity index (χ2v) is 7.62. The Morgan fingerprint density at radius 3 is 1.33 bits per heavy atom. The van der Waals surface area contributed by atoms with Gasteiger partial charge in [0.1, 0.15) is 0 Å². The van der Waals surface area contributed by atoms with Crippen LogP contribution in [0.2, 0.25) is 0 Å². The summed E-state index contributed by atoms with van der Waals surface area (Å²) in [6, 6.07) is 20.9. The number of benzene rings is 1. The SMILES string of the molecule is [C-]#[N+]/C(=C\c1cc(/C=C(\C#N)c2ccncc2)cc(/C=C(\C#N)c2ccncc2)c1)c1ccncc1. The van der Waals surface area contributed by atoms with Gasteiger partial charge in [-0.1, -0.05) is 0 Å². The Kier molecular flexibility index (Phi) is 7.50. The van der Waals surface area contributed by atoms with E-state index in [1.165, 1.54) is 0 Å². The minimum absolute atomic E-state index is 0.456. The summed E-state index contributed by atoms with van der Waals surface area (Å²) >= 11 is 0. The fraction of sp³-hybridized carbons (Fsp3) is 0. The van der Waals surface area contributed by atoms with Gasteiger partial charge >= 0.3 is 0 Å². The fourth-order valence-corrected chi connectivity index (χ4v) is 3.57. The molecule has 0 saturated heterocycles. The van der Waals surface area contributed by atoms with Crippen LogP contribution in [0.3, 0.4) is 0 Å². The molecular formula is C30H18N6. The lowest BCUT2D eigenvalue weighted by Crippen LogP contribution is -1.88. The molecule has 3 heterocycles. The van der Waals surface area contributed by atoms with Crippen molar-refractivity contribution in [1.29, 1.82) is 10.5 Å². The van der Waals surface area contributed by atoms with Crippen molar-refractivity contribution in [3.05, 3.63) is 137 Å². The van der Waals surface area contributed by atoms with E-state index in [0.29, 0.717) is 16.8 Å². The predicted octanol–water partition coefficient (Wildman–Crippen LogP) is 6.42. The van der Waals surface area contributed by atoms with E-state index in [9.17, 15) is 10.5 Å². The lowest BCUT2D eigenvalue weighted by molar-refractivity contribution is 1.32.